The molecule has 3 rings (SSSR count). The first kappa shape index (κ1) is 12.0. The predicted molar refractivity (Wildman–Crippen MR) is 70.0 cm³/mol. The van der Waals surface area contributed by atoms with Crippen LogP contribution in [-0.4, -0.2) is 35.2 Å². The summed E-state index contributed by atoms with van der Waals surface area (Å²) in [7, 11) is 0. The van der Waals surface area contributed by atoms with E-state index in [0.717, 1.165) is 11.8 Å². The predicted octanol–water partition coefficient (Wildman–Crippen LogP) is 2.95. The zero-order valence-corrected chi connectivity index (χ0v) is 11.0. The molecule has 0 aromatic heterocycles. The standard InChI is InChI=1S/C15H27NO/c17-14-6-2-1-5-13(14)16-11-9-15(10-12-16)7-3-4-8-15/h13-14,17H,1-12H2/t13-,14-/m0/s1. The lowest BCUT2D eigenvalue weighted by molar-refractivity contribution is -0.0111. The molecule has 3 aliphatic rings. The molecule has 0 radical (unpaired) electrons. The van der Waals surface area contributed by atoms with E-state index < -0.39 is 0 Å². The maximum atomic E-state index is 10.1. The number of nitrogens with zero attached hydrogens (tertiary/aromatic N) is 1. The van der Waals surface area contributed by atoms with Gasteiger partial charge < -0.3 is 5.11 Å². The van der Waals surface area contributed by atoms with Crippen molar-refractivity contribution in [1.29, 1.82) is 0 Å². The number of aliphatic hydroxyl groups excluding tert-OH is 1. The minimum absolute atomic E-state index is 0.0404. The van der Waals surface area contributed by atoms with Crippen LogP contribution in [0, 0.1) is 5.41 Å². The van der Waals surface area contributed by atoms with Crippen molar-refractivity contribution in [3.8, 4) is 0 Å². The molecule has 1 spiro atoms. The van der Waals surface area contributed by atoms with Crippen LogP contribution in [0.5, 0.6) is 0 Å². The summed E-state index contributed by atoms with van der Waals surface area (Å²) in [6.45, 7) is 2.50. The van der Waals surface area contributed by atoms with E-state index in [0.29, 0.717) is 6.04 Å². The molecular formula is C15H27NO. The maximum absolute atomic E-state index is 10.1. The Morgan fingerprint density at radius 1 is 0.824 bits per heavy atom. The number of hydrogen-bond acceptors (Lipinski definition) is 2. The van der Waals surface area contributed by atoms with Crippen LogP contribution in [0.4, 0.5) is 0 Å². The van der Waals surface area contributed by atoms with Gasteiger partial charge in [-0.3, -0.25) is 4.90 Å². The molecule has 2 aliphatic carbocycles. The largest absolute Gasteiger partial charge is 0.391 e. The quantitative estimate of drug-likeness (QED) is 0.758. The zero-order chi connectivity index (χ0) is 11.7. The third-order valence-corrected chi connectivity index (χ3v) is 5.69. The number of aliphatic hydroxyl groups is 1. The second-order valence-corrected chi connectivity index (χ2v) is 6.66. The summed E-state index contributed by atoms with van der Waals surface area (Å²) in [6.07, 6.45) is 13.5. The van der Waals surface area contributed by atoms with E-state index in [9.17, 15) is 5.11 Å². The fourth-order valence-corrected chi connectivity index (χ4v) is 4.47. The van der Waals surface area contributed by atoms with Gasteiger partial charge >= 0.3 is 0 Å². The molecule has 98 valence electrons. The van der Waals surface area contributed by atoms with E-state index in [2.05, 4.69) is 4.90 Å². The third-order valence-electron chi connectivity index (χ3n) is 5.69. The van der Waals surface area contributed by atoms with Crippen molar-refractivity contribution in [2.45, 2.75) is 76.4 Å². The molecule has 2 nitrogen and oxygen atoms in total. The lowest BCUT2D eigenvalue weighted by Gasteiger charge is -2.45. The van der Waals surface area contributed by atoms with Crippen molar-refractivity contribution in [3.05, 3.63) is 0 Å². The Morgan fingerprint density at radius 2 is 1.47 bits per heavy atom. The molecule has 0 bridgehead atoms. The van der Waals surface area contributed by atoms with Gasteiger partial charge in [0.25, 0.3) is 0 Å². The van der Waals surface area contributed by atoms with E-state index in [1.165, 1.54) is 70.9 Å². The van der Waals surface area contributed by atoms with Crippen molar-refractivity contribution in [2.24, 2.45) is 5.41 Å². The highest BCUT2D eigenvalue weighted by Gasteiger charge is 2.39. The van der Waals surface area contributed by atoms with Gasteiger partial charge in [-0.05, 0) is 57.0 Å². The Kier molecular flexibility index (Phi) is 3.45. The van der Waals surface area contributed by atoms with Gasteiger partial charge in [-0.15, -0.1) is 0 Å². The van der Waals surface area contributed by atoms with Gasteiger partial charge in [-0.2, -0.15) is 0 Å². The van der Waals surface area contributed by atoms with Gasteiger partial charge in [-0.25, -0.2) is 0 Å². The van der Waals surface area contributed by atoms with E-state index in [1.807, 2.05) is 0 Å². The van der Waals surface area contributed by atoms with Crippen molar-refractivity contribution in [2.75, 3.05) is 13.1 Å². The molecule has 0 aromatic rings. The van der Waals surface area contributed by atoms with Crippen LogP contribution in [0.2, 0.25) is 0 Å². The minimum atomic E-state index is -0.0404. The molecule has 0 unspecified atom stereocenters. The SMILES string of the molecule is O[C@H]1CCCC[C@@H]1N1CCC2(CCCC2)CC1. The first-order valence-corrected chi connectivity index (χ1v) is 7.71. The van der Waals surface area contributed by atoms with Crippen molar-refractivity contribution in [1.82, 2.24) is 4.90 Å². The van der Waals surface area contributed by atoms with Crippen LogP contribution in [0.15, 0.2) is 0 Å². The van der Waals surface area contributed by atoms with Crippen molar-refractivity contribution in [3.63, 3.8) is 0 Å². The molecule has 2 atom stereocenters. The van der Waals surface area contributed by atoms with Gasteiger partial charge in [0, 0.05) is 6.04 Å². The highest BCUT2D eigenvalue weighted by molar-refractivity contribution is 4.93. The number of rotatable bonds is 1. The molecule has 1 aliphatic heterocycles. The van der Waals surface area contributed by atoms with Crippen molar-refractivity contribution < 1.29 is 5.11 Å². The van der Waals surface area contributed by atoms with E-state index in [1.54, 1.807) is 0 Å². The number of likely N-dealkylation sites (tertiary alicyclic amines) is 1. The van der Waals surface area contributed by atoms with Gasteiger partial charge in [0.15, 0.2) is 0 Å². The first-order valence-electron chi connectivity index (χ1n) is 7.71. The Morgan fingerprint density at radius 3 is 2.12 bits per heavy atom. The Bertz CT molecular complexity index is 250. The summed E-state index contributed by atoms with van der Waals surface area (Å²) < 4.78 is 0. The van der Waals surface area contributed by atoms with Crippen LogP contribution < -0.4 is 0 Å². The molecule has 3 fully saturated rings. The molecular weight excluding hydrogens is 210 g/mol. The monoisotopic (exact) mass is 237 g/mol. The van der Waals surface area contributed by atoms with Gasteiger partial charge in [-0.1, -0.05) is 25.7 Å². The van der Waals surface area contributed by atoms with Gasteiger partial charge in [0.1, 0.15) is 0 Å². The fraction of sp³-hybridized carbons (Fsp3) is 1.00. The smallest absolute Gasteiger partial charge is 0.0695 e. The summed E-state index contributed by atoms with van der Waals surface area (Å²) in [5.74, 6) is 0. The minimum Gasteiger partial charge on any atom is -0.391 e. The van der Waals surface area contributed by atoms with Crippen LogP contribution in [0.1, 0.15) is 64.2 Å². The molecule has 2 saturated carbocycles. The molecule has 1 N–H and O–H groups in total. The van der Waals surface area contributed by atoms with Crippen LogP contribution in [0.3, 0.4) is 0 Å². The summed E-state index contributed by atoms with van der Waals surface area (Å²) in [5, 5.41) is 10.1. The summed E-state index contributed by atoms with van der Waals surface area (Å²) in [5.41, 5.74) is 0.718. The highest BCUT2D eigenvalue weighted by Crippen LogP contribution is 2.46. The first-order chi connectivity index (χ1) is 8.29. The highest BCUT2D eigenvalue weighted by atomic mass is 16.3. The van der Waals surface area contributed by atoms with Crippen LogP contribution in [0.25, 0.3) is 0 Å². The normalized spacial score (nSPS) is 38.6. The average Bonchev–Trinajstić information content (AvgIpc) is 2.80. The molecule has 0 aromatic carbocycles. The van der Waals surface area contributed by atoms with Crippen molar-refractivity contribution >= 4 is 0 Å². The zero-order valence-electron chi connectivity index (χ0n) is 11.0. The summed E-state index contributed by atoms with van der Waals surface area (Å²) in [6, 6.07) is 0.488. The van der Waals surface area contributed by atoms with Gasteiger partial charge in [0.05, 0.1) is 6.10 Å². The number of piperidine rings is 1. The van der Waals surface area contributed by atoms with E-state index >= 15 is 0 Å². The summed E-state index contributed by atoms with van der Waals surface area (Å²) in [4.78, 5) is 2.60. The molecule has 2 heteroatoms. The van der Waals surface area contributed by atoms with Crippen LogP contribution in [-0.2, 0) is 0 Å². The molecule has 17 heavy (non-hydrogen) atoms. The summed E-state index contributed by atoms with van der Waals surface area (Å²) >= 11 is 0. The maximum Gasteiger partial charge on any atom is 0.0695 e. The lowest BCUT2D eigenvalue weighted by atomic mass is 9.76. The fourth-order valence-electron chi connectivity index (χ4n) is 4.47. The van der Waals surface area contributed by atoms with E-state index in [-0.39, 0.29) is 6.10 Å². The molecule has 0 amide bonds. The Hall–Kier alpha value is -0.0800. The topological polar surface area (TPSA) is 23.5 Å². The second-order valence-electron chi connectivity index (χ2n) is 6.66. The number of hydrogen-bond donors (Lipinski definition) is 1. The van der Waals surface area contributed by atoms with Crippen LogP contribution >= 0.6 is 0 Å². The third kappa shape index (κ3) is 2.39. The average molecular weight is 237 g/mol. The van der Waals surface area contributed by atoms with Gasteiger partial charge in [0.2, 0.25) is 0 Å². The molecule has 1 saturated heterocycles. The Labute approximate surface area is 105 Å². The lowest BCUT2D eigenvalue weighted by Crippen LogP contribution is -2.50. The second kappa shape index (κ2) is 4.89. The Balaban J connectivity index is 1.57. The van der Waals surface area contributed by atoms with E-state index in [4.69, 9.17) is 0 Å². The molecule has 1 heterocycles.